The van der Waals surface area contributed by atoms with Gasteiger partial charge in [0.1, 0.15) is 0 Å². The van der Waals surface area contributed by atoms with E-state index in [1.54, 1.807) is 0 Å². The van der Waals surface area contributed by atoms with Crippen molar-refractivity contribution in [2.75, 3.05) is 0 Å². The molecule has 0 radical (unpaired) electrons. The molecule has 4 heteroatoms. The summed E-state index contributed by atoms with van der Waals surface area (Å²) in [6.45, 7) is 3.95. The van der Waals surface area contributed by atoms with E-state index in [0.717, 1.165) is 19.3 Å². The summed E-state index contributed by atoms with van der Waals surface area (Å²) < 4.78 is 0. The number of hydrogen-bond acceptors (Lipinski definition) is 2. The predicted octanol–water partition coefficient (Wildman–Crippen LogP) is 1.99. The number of carboxylic acid groups (broad SMARTS) is 2. The molecule has 0 saturated heterocycles. The molecule has 0 amide bonds. The third kappa shape index (κ3) is 4.84. The molecule has 2 N–H and O–H groups in total. The molecule has 0 aromatic rings. The molecule has 0 spiro atoms. The topological polar surface area (TPSA) is 74.6 Å². The van der Waals surface area contributed by atoms with Crippen LogP contribution in [0.1, 0.15) is 39.5 Å². The zero-order valence-corrected chi connectivity index (χ0v) is 8.69. The first-order valence-electron chi connectivity index (χ1n) is 4.94. The third-order valence-corrected chi connectivity index (χ3v) is 2.28. The molecule has 1 atom stereocenters. The molecule has 0 aliphatic rings. The van der Waals surface area contributed by atoms with Crippen molar-refractivity contribution in [1.82, 2.24) is 0 Å². The summed E-state index contributed by atoms with van der Waals surface area (Å²) in [6.07, 6.45) is 3.19. The lowest BCUT2D eigenvalue weighted by Gasteiger charge is -2.13. The van der Waals surface area contributed by atoms with E-state index in [0.29, 0.717) is 0 Å². The molecular formula is C10H18O4. The molecule has 0 aromatic heterocycles. The van der Waals surface area contributed by atoms with Crippen LogP contribution in [-0.2, 0) is 9.59 Å². The van der Waals surface area contributed by atoms with Crippen LogP contribution in [0.3, 0.4) is 0 Å². The van der Waals surface area contributed by atoms with E-state index in [9.17, 15) is 9.59 Å². The van der Waals surface area contributed by atoms with E-state index in [2.05, 4.69) is 6.92 Å². The average Bonchev–Trinajstić information content (AvgIpc) is 2.09. The highest BCUT2D eigenvalue weighted by molar-refractivity contribution is 5.92. The Hall–Kier alpha value is -1.06. The van der Waals surface area contributed by atoms with Gasteiger partial charge in [-0.1, -0.05) is 33.1 Å². The van der Waals surface area contributed by atoms with Crippen molar-refractivity contribution in [3.8, 4) is 0 Å². The molecular weight excluding hydrogens is 184 g/mol. The lowest BCUT2D eigenvalue weighted by Crippen LogP contribution is -2.25. The molecule has 0 bridgehead atoms. The van der Waals surface area contributed by atoms with Gasteiger partial charge in [0.2, 0.25) is 0 Å². The fourth-order valence-corrected chi connectivity index (χ4v) is 1.38. The van der Waals surface area contributed by atoms with Crippen LogP contribution in [0, 0.1) is 11.8 Å². The minimum absolute atomic E-state index is 0.159. The first kappa shape index (κ1) is 12.9. The van der Waals surface area contributed by atoms with Crippen LogP contribution in [0.25, 0.3) is 0 Å². The van der Waals surface area contributed by atoms with Crippen molar-refractivity contribution in [2.45, 2.75) is 39.5 Å². The van der Waals surface area contributed by atoms with Crippen LogP contribution >= 0.6 is 0 Å². The summed E-state index contributed by atoms with van der Waals surface area (Å²) in [6, 6.07) is 0. The van der Waals surface area contributed by atoms with Crippen LogP contribution in [0.15, 0.2) is 0 Å². The van der Waals surface area contributed by atoms with Gasteiger partial charge in [-0.3, -0.25) is 9.59 Å². The van der Waals surface area contributed by atoms with Gasteiger partial charge in [0.05, 0.1) is 0 Å². The standard InChI is InChI=1S/C10H18O4/c1-3-4-5-7(2)6-8(9(11)12)10(13)14/h7-8H,3-6H2,1-2H3,(H,11,12)(H,13,14). The Kier molecular flexibility index (Phi) is 5.92. The molecule has 0 aromatic carbocycles. The Labute approximate surface area is 83.9 Å². The number of hydrogen-bond donors (Lipinski definition) is 2. The normalized spacial score (nSPS) is 12.8. The largest absolute Gasteiger partial charge is 0.481 e. The monoisotopic (exact) mass is 202 g/mol. The van der Waals surface area contributed by atoms with Gasteiger partial charge in [-0.05, 0) is 12.3 Å². The molecule has 0 fully saturated rings. The van der Waals surface area contributed by atoms with Gasteiger partial charge in [0.15, 0.2) is 5.92 Å². The van der Waals surface area contributed by atoms with Crippen molar-refractivity contribution in [1.29, 1.82) is 0 Å². The highest BCUT2D eigenvalue weighted by Gasteiger charge is 2.27. The smallest absolute Gasteiger partial charge is 0.317 e. The minimum Gasteiger partial charge on any atom is -0.481 e. The fraction of sp³-hybridized carbons (Fsp3) is 0.800. The van der Waals surface area contributed by atoms with Crippen LogP contribution < -0.4 is 0 Å². The molecule has 0 aliphatic heterocycles. The Morgan fingerprint density at radius 2 is 1.71 bits per heavy atom. The molecule has 4 nitrogen and oxygen atoms in total. The van der Waals surface area contributed by atoms with E-state index in [4.69, 9.17) is 10.2 Å². The predicted molar refractivity (Wildman–Crippen MR) is 52.1 cm³/mol. The Bertz CT molecular complexity index is 186. The van der Waals surface area contributed by atoms with Gasteiger partial charge < -0.3 is 10.2 Å². The van der Waals surface area contributed by atoms with Crippen molar-refractivity contribution in [3.05, 3.63) is 0 Å². The zero-order valence-electron chi connectivity index (χ0n) is 8.69. The summed E-state index contributed by atoms with van der Waals surface area (Å²) in [5, 5.41) is 17.3. The Morgan fingerprint density at radius 3 is 2.07 bits per heavy atom. The first-order chi connectivity index (χ1) is 6.49. The van der Waals surface area contributed by atoms with Gasteiger partial charge in [0, 0.05) is 0 Å². The number of carbonyl (C=O) groups is 2. The minimum atomic E-state index is -1.25. The third-order valence-electron chi connectivity index (χ3n) is 2.28. The van der Waals surface area contributed by atoms with Gasteiger partial charge in [-0.25, -0.2) is 0 Å². The van der Waals surface area contributed by atoms with Gasteiger partial charge in [0.25, 0.3) is 0 Å². The summed E-state index contributed by atoms with van der Waals surface area (Å²) in [4.78, 5) is 21.1. The van der Waals surface area contributed by atoms with E-state index in [1.165, 1.54) is 0 Å². The highest BCUT2D eigenvalue weighted by atomic mass is 16.4. The molecule has 82 valence electrons. The van der Waals surface area contributed by atoms with Gasteiger partial charge in [-0.15, -0.1) is 0 Å². The zero-order chi connectivity index (χ0) is 11.1. The lowest BCUT2D eigenvalue weighted by molar-refractivity contribution is -0.155. The van der Waals surface area contributed by atoms with Crippen molar-refractivity contribution >= 4 is 11.9 Å². The number of unbranched alkanes of at least 4 members (excludes halogenated alkanes) is 1. The number of rotatable bonds is 7. The first-order valence-corrected chi connectivity index (χ1v) is 4.94. The molecule has 0 heterocycles. The summed E-state index contributed by atoms with van der Waals surface area (Å²) in [7, 11) is 0. The summed E-state index contributed by atoms with van der Waals surface area (Å²) in [5.41, 5.74) is 0. The van der Waals surface area contributed by atoms with E-state index < -0.39 is 17.9 Å². The Morgan fingerprint density at radius 1 is 1.21 bits per heavy atom. The maximum absolute atomic E-state index is 10.6. The maximum atomic E-state index is 10.6. The van der Waals surface area contributed by atoms with Gasteiger partial charge in [-0.2, -0.15) is 0 Å². The van der Waals surface area contributed by atoms with E-state index >= 15 is 0 Å². The van der Waals surface area contributed by atoms with E-state index in [1.807, 2.05) is 6.92 Å². The lowest BCUT2D eigenvalue weighted by atomic mass is 9.92. The second-order valence-electron chi connectivity index (χ2n) is 3.71. The molecule has 0 saturated carbocycles. The van der Waals surface area contributed by atoms with Crippen molar-refractivity contribution in [3.63, 3.8) is 0 Å². The summed E-state index contributed by atoms with van der Waals surface area (Å²) in [5.74, 6) is -3.56. The number of aliphatic carboxylic acids is 2. The van der Waals surface area contributed by atoms with Crippen molar-refractivity contribution in [2.24, 2.45) is 11.8 Å². The number of carboxylic acids is 2. The Balaban J connectivity index is 4.03. The highest BCUT2D eigenvalue weighted by Crippen LogP contribution is 2.18. The fourth-order valence-electron chi connectivity index (χ4n) is 1.38. The average molecular weight is 202 g/mol. The van der Waals surface area contributed by atoms with Crippen LogP contribution in [0.5, 0.6) is 0 Å². The summed E-state index contributed by atoms with van der Waals surface area (Å²) >= 11 is 0. The molecule has 0 aliphatic carbocycles. The molecule has 14 heavy (non-hydrogen) atoms. The van der Waals surface area contributed by atoms with Gasteiger partial charge >= 0.3 is 11.9 Å². The quantitative estimate of drug-likeness (QED) is 0.619. The molecule has 0 rings (SSSR count). The molecule has 1 unspecified atom stereocenters. The SMILES string of the molecule is CCCCC(C)CC(C(=O)O)C(=O)O. The second-order valence-corrected chi connectivity index (χ2v) is 3.71. The second kappa shape index (κ2) is 6.40. The van der Waals surface area contributed by atoms with E-state index in [-0.39, 0.29) is 12.3 Å². The van der Waals surface area contributed by atoms with Crippen LogP contribution in [0.2, 0.25) is 0 Å². The van der Waals surface area contributed by atoms with Crippen LogP contribution in [-0.4, -0.2) is 22.2 Å². The van der Waals surface area contributed by atoms with Crippen LogP contribution in [0.4, 0.5) is 0 Å². The van der Waals surface area contributed by atoms with Crippen molar-refractivity contribution < 1.29 is 19.8 Å². The maximum Gasteiger partial charge on any atom is 0.317 e.